The topological polar surface area (TPSA) is 49.4 Å². The van der Waals surface area contributed by atoms with Crippen LogP contribution in [0.15, 0.2) is 0 Å². The van der Waals surface area contributed by atoms with Gasteiger partial charge in [0.2, 0.25) is 11.8 Å². The molecule has 0 aromatic carbocycles. The zero-order valence-corrected chi connectivity index (χ0v) is 13.8. The third kappa shape index (κ3) is 3.33. The van der Waals surface area contributed by atoms with E-state index in [1.165, 1.54) is 0 Å². The molecule has 2 amide bonds. The molecule has 1 aliphatic heterocycles. The highest BCUT2D eigenvalue weighted by molar-refractivity contribution is 5.97. The number of carbonyl (C=O) groups is 2. The first-order valence-corrected chi connectivity index (χ1v) is 7.97. The van der Waals surface area contributed by atoms with Crippen LogP contribution in [0.25, 0.3) is 0 Å². The lowest BCUT2D eigenvalue weighted by Crippen LogP contribution is -2.67. The van der Waals surface area contributed by atoms with E-state index in [-0.39, 0.29) is 35.9 Å². The van der Waals surface area contributed by atoms with Gasteiger partial charge in [-0.05, 0) is 25.2 Å². The molecule has 4 heteroatoms. The highest BCUT2D eigenvalue weighted by Crippen LogP contribution is 2.26. The molecule has 116 valence electrons. The Hall–Kier alpha value is -1.06. The summed E-state index contributed by atoms with van der Waals surface area (Å²) in [5.41, 5.74) is 0. The Morgan fingerprint density at radius 1 is 1.15 bits per heavy atom. The lowest BCUT2D eigenvalue weighted by atomic mass is 9.90. The van der Waals surface area contributed by atoms with Crippen molar-refractivity contribution in [3.63, 3.8) is 0 Å². The molecular formula is C16H30N2O2. The normalized spacial score (nSPS) is 26.6. The Balaban J connectivity index is 3.07. The van der Waals surface area contributed by atoms with E-state index in [2.05, 4.69) is 26.1 Å². The molecule has 0 spiro atoms. The third-order valence-corrected chi connectivity index (χ3v) is 4.55. The minimum atomic E-state index is -0.339. The van der Waals surface area contributed by atoms with Crippen LogP contribution in [-0.2, 0) is 9.59 Å². The molecule has 1 aliphatic rings. The van der Waals surface area contributed by atoms with Gasteiger partial charge in [-0.15, -0.1) is 0 Å². The van der Waals surface area contributed by atoms with Crippen LogP contribution in [0, 0.1) is 11.8 Å². The Kier molecular flexibility index (Phi) is 6.03. The fourth-order valence-corrected chi connectivity index (χ4v) is 2.94. The number of hydrogen-bond acceptors (Lipinski definition) is 2. The summed E-state index contributed by atoms with van der Waals surface area (Å²) in [4.78, 5) is 27.0. The van der Waals surface area contributed by atoms with Crippen molar-refractivity contribution in [2.45, 2.75) is 78.9 Å². The van der Waals surface area contributed by atoms with E-state index < -0.39 is 0 Å². The Morgan fingerprint density at radius 3 is 2.20 bits per heavy atom. The molecule has 1 N–H and O–H groups in total. The molecule has 4 unspecified atom stereocenters. The number of hydrogen-bond donors (Lipinski definition) is 1. The maximum Gasteiger partial charge on any atom is 0.246 e. The number of rotatable bonds is 6. The standard InChI is InChI=1S/C16H30N2O2/c1-7-9-13-16(20)18(12(6)11(5)8-2)14(10(3)4)15(19)17-13/h10-14H,7-9H2,1-6H3,(H,17,19). The van der Waals surface area contributed by atoms with E-state index in [0.29, 0.717) is 5.92 Å². The molecule has 4 atom stereocenters. The predicted molar refractivity (Wildman–Crippen MR) is 81.2 cm³/mol. The Labute approximate surface area is 123 Å². The van der Waals surface area contributed by atoms with Crippen LogP contribution in [-0.4, -0.2) is 34.8 Å². The van der Waals surface area contributed by atoms with Crippen LogP contribution < -0.4 is 5.32 Å². The molecule has 20 heavy (non-hydrogen) atoms. The molecule has 1 fully saturated rings. The number of amides is 2. The highest BCUT2D eigenvalue weighted by atomic mass is 16.2. The summed E-state index contributed by atoms with van der Waals surface area (Å²) in [6.07, 6.45) is 2.63. The first-order chi connectivity index (χ1) is 9.34. The summed E-state index contributed by atoms with van der Waals surface area (Å²) in [5, 5.41) is 2.91. The molecular weight excluding hydrogens is 252 g/mol. The Bertz CT molecular complexity index is 354. The van der Waals surface area contributed by atoms with Crippen LogP contribution in [0.4, 0.5) is 0 Å². The van der Waals surface area contributed by atoms with Crippen molar-refractivity contribution in [1.29, 1.82) is 0 Å². The molecule has 0 radical (unpaired) electrons. The molecule has 1 heterocycles. The van der Waals surface area contributed by atoms with Gasteiger partial charge in [0.05, 0.1) is 0 Å². The van der Waals surface area contributed by atoms with Gasteiger partial charge in [-0.2, -0.15) is 0 Å². The van der Waals surface area contributed by atoms with Gasteiger partial charge < -0.3 is 10.2 Å². The van der Waals surface area contributed by atoms with E-state index >= 15 is 0 Å². The maximum atomic E-state index is 12.7. The lowest BCUT2D eigenvalue weighted by molar-refractivity contribution is -0.155. The monoisotopic (exact) mass is 282 g/mol. The first-order valence-electron chi connectivity index (χ1n) is 7.97. The van der Waals surface area contributed by atoms with Crippen LogP contribution in [0.2, 0.25) is 0 Å². The van der Waals surface area contributed by atoms with Gasteiger partial charge in [0.25, 0.3) is 0 Å². The number of nitrogens with one attached hydrogen (secondary N) is 1. The summed E-state index contributed by atoms with van der Waals surface area (Å²) in [5.74, 6) is 0.632. The van der Waals surface area contributed by atoms with Gasteiger partial charge >= 0.3 is 0 Å². The highest BCUT2D eigenvalue weighted by Gasteiger charge is 2.44. The summed E-state index contributed by atoms with van der Waals surface area (Å²) in [7, 11) is 0. The van der Waals surface area contributed by atoms with Gasteiger partial charge in [0.15, 0.2) is 0 Å². The van der Waals surface area contributed by atoms with Crippen LogP contribution in [0.3, 0.4) is 0 Å². The second-order valence-corrected chi connectivity index (χ2v) is 6.41. The lowest BCUT2D eigenvalue weighted by Gasteiger charge is -2.45. The molecule has 0 aromatic rings. The maximum absolute atomic E-state index is 12.7. The average molecular weight is 282 g/mol. The van der Waals surface area contributed by atoms with Gasteiger partial charge in [-0.25, -0.2) is 0 Å². The molecule has 0 saturated carbocycles. The van der Waals surface area contributed by atoms with E-state index in [9.17, 15) is 9.59 Å². The third-order valence-electron chi connectivity index (χ3n) is 4.55. The number of piperazine rings is 1. The minimum Gasteiger partial charge on any atom is -0.342 e. The summed E-state index contributed by atoms with van der Waals surface area (Å²) < 4.78 is 0. The molecule has 0 aromatic heterocycles. The fraction of sp³-hybridized carbons (Fsp3) is 0.875. The molecule has 1 rings (SSSR count). The summed E-state index contributed by atoms with van der Waals surface area (Å²) in [6, 6.07) is -0.570. The van der Waals surface area contributed by atoms with Crippen molar-refractivity contribution in [2.75, 3.05) is 0 Å². The van der Waals surface area contributed by atoms with Gasteiger partial charge in [-0.1, -0.05) is 47.5 Å². The summed E-state index contributed by atoms with van der Waals surface area (Å²) in [6.45, 7) is 12.4. The smallest absolute Gasteiger partial charge is 0.246 e. The average Bonchev–Trinajstić information content (AvgIpc) is 2.40. The zero-order chi connectivity index (χ0) is 15.4. The van der Waals surface area contributed by atoms with Crippen molar-refractivity contribution in [3.8, 4) is 0 Å². The second-order valence-electron chi connectivity index (χ2n) is 6.41. The van der Waals surface area contributed by atoms with Gasteiger partial charge in [-0.3, -0.25) is 9.59 Å². The molecule has 4 nitrogen and oxygen atoms in total. The number of nitrogens with zero attached hydrogens (tertiary/aromatic N) is 1. The van der Waals surface area contributed by atoms with Gasteiger partial charge in [0, 0.05) is 6.04 Å². The molecule has 0 bridgehead atoms. The molecule has 0 aliphatic carbocycles. The van der Waals surface area contributed by atoms with E-state index in [1.807, 2.05) is 25.7 Å². The van der Waals surface area contributed by atoms with E-state index in [1.54, 1.807) is 0 Å². The largest absolute Gasteiger partial charge is 0.342 e. The van der Waals surface area contributed by atoms with Crippen molar-refractivity contribution in [1.82, 2.24) is 10.2 Å². The van der Waals surface area contributed by atoms with Crippen LogP contribution in [0.1, 0.15) is 60.8 Å². The van der Waals surface area contributed by atoms with Crippen molar-refractivity contribution in [3.05, 3.63) is 0 Å². The number of carbonyl (C=O) groups excluding carboxylic acids is 2. The predicted octanol–water partition coefficient (Wildman–Crippen LogP) is 2.57. The van der Waals surface area contributed by atoms with E-state index in [0.717, 1.165) is 19.3 Å². The van der Waals surface area contributed by atoms with Crippen molar-refractivity contribution >= 4 is 11.8 Å². The van der Waals surface area contributed by atoms with Crippen LogP contribution >= 0.6 is 0 Å². The molecule has 1 saturated heterocycles. The second kappa shape index (κ2) is 7.09. The summed E-state index contributed by atoms with van der Waals surface area (Å²) >= 11 is 0. The minimum absolute atomic E-state index is 0.00760. The Morgan fingerprint density at radius 2 is 1.75 bits per heavy atom. The zero-order valence-electron chi connectivity index (χ0n) is 13.8. The fourth-order valence-electron chi connectivity index (χ4n) is 2.94. The van der Waals surface area contributed by atoms with E-state index in [4.69, 9.17) is 0 Å². The first kappa shape index (κ1) is 17.0. The van der Waals surface area contributed by atoms with Crippen molar-refractivity contribution in [2.24, 2.45) is 11.8 Å². The van der Waals surface area contributed by atoms with Gasteiger partial charge in [0.1, 0.15) is 12.1 Å². The quantitative estimate of drug-likeness (QED) is 0.814. The van der Waals surface area contributed by atoms with Crippen LogP contribution in [0.5, 0.6) is 0 Å². The SMILES string of the molecule is CCCC1NC(=O)C(C(C)C)N(C(C)C(C)CC)C1=O. The van der Waals surface area contributed by atoms with Crippen molar-refractivity contribution < 1.29 is 9.59 Å².